The maximum absolute atomic E-state index is 8.21. The molecule has 0 saturated carbocycles. The van der Waals surface area contributed by atoms with Crippen LogP contribution in [0, 0.1) is 5.92 Å². The Balaban J connectivity index is 3.10. The van der Waals surface area contributed by atoms with E-state index in [4.69, 9.17) is 5.21 Å². The molecule has 0 aromatic heterocycles. The summed E-state index contributed by atoms with van der Waals surface area (Å²) in [7, 11) is 0. The van der Waals surface area contributed by atoms with Crippen LogP contribution in [0.2, 0.25) is 0 Å². The molecule has 0 bridgehead atoms. The van der Waals surface area contributed by atoms with Gasteiger partial charge in [-0.05, 0) is 12.3 Å². The van der Waals surface area contributed by atoms with Crippen molar-refractivity contribution in [1.82, 2.24) is 0 Å². The predicted octanol–water partition coefficient (Wildman–Crippen LogP) is 3.05. The van der Waals surface area contributed by atoms with Crippen LogP contribution in [0.25, 0.3) is 0 Å². The van der Waals surface area contributed by atoms with E-state index in [1.165, 1.54) is 25.7 Å². The van der Waals surface area contributed by atoms with Crippen molar-refractivity contribution in [3.8, 4) is 0 Å². The molecule has 0 heterocycles. The first-order chi connectivity index (χ1) is 5.31. The first-order valence-electron chi connectivity index (χ1n) is 4.48. The normalized spacial score (nSPS) is 14.0. The summed E-state index contributed by atoms with van der Waals surface area (Å²) in [6.07, 6.45) is 7.91. The molecule has 2 nitrogen and oxygen atoms in total. The Morgan fingerprint density at radius 2 is 2.09 bits per heavy atom. The highest BCUT2D eigenvalue weighted by molar-refractivity contribution is 5.58. The zero-order chi connectivity index (χ0) is 8.53. The van der Waals surface area contributed by atoms with Crippen molar-refractivity contribution >= 4 is 6.21 Å². The molecule has 1 N–H and O–H groups in total. The molecule has 0 rings (SSSR count). The van der Waals surface area contributed by atoms with Crippen molar-refractivity contribution in [2.45, 2.75) is 46.0 Å². The topological polar surface area (TPSA) is 32.6 Å². The fourth-order valence-corrected chi connectivity index (χ4v) is 1.08. The SMILES string of the molecule is CCCCCCC(C)/C=N/O. The van der Waals surface area contributed by atoms with Gasteiger partial charge in [0.2, 0.25) is 0 Å². The average Bonchev–Trinajstić information content (AvgIpc) is 1.99. The van der Waals surface area contributed by atoms with Crippen LogP contribution in [-0.2, 0) is 0 Å². The van der Waals surface area contributed by atoms with Gasteiger partial charge in [-0.2, -0.15) is 0 Å². The molecule has 0 spiro atoms. The molecule has 0 aromatic rings. The number of oxime groups is 1. The number of hydrogen-bond donors (Lipinski definition) is 1. The van der Waals surface area contributed by atoms with E-state index in [-0.39, 0.29) is 0 Å². The van der Waals surface area contributed by atoms with Crippen LogP contribution in [0.15, 0.2) is 5.16 Å². The number of unbranched alkanes of at least 4 members (excludes halogenated alkanes) is 3. The van der Waals surface area contributed by atoms with Gasteiger partial charge in [0.1, 0.15) is 0 Å². The molecule has 0 radical (unpaired) electrons. The summed E-state index contributed by atoms with van der Waals surface area (Å²) in [5.41, 5.74) is 0. The second kappa shape index (κ2) is 7.58. The van der Waals surface area contributed by atoms with Crippen molar-refractivity contribution in [3.05, 3.63) is 0 Å². The molecule has 0 fully saturated rings. The summed E-state index contributed by atoms with van der Waals surface area (Å²) in [6.45, 7) is 4.28. The molecule has 0 aliphatic carbocycles. The lowest BCUT2D eigenvalue weighted by Gasteiger charge is -2.02. The Labute approximate surface area is 69.3 Å². The minimum atomic E-state index is 0.428. The number of nitrogens with zero attached hydrogens (tertiary/aromatic N) is 1. The highest BCUT2D eigenvalue weighted by atomic mass is 16.4. The van der Waals surface area contributed by atoms with Gasteiger partial charge in [0.05, 0.1) is 0 Å². The highest BCUT2D eigenvalue weighted by Gasteiger charge is 1.96. The molecule has 1 unspecified atom stereocenters. The molecular formula is C9H19NO. The second-order valence-electron chi connectivity index (χ2n) is 3.09. The van der Waals surface area contributed by atoms with Crippen LogP contribution in [-0.4, -0.2) is 11.4 Å². The van der Waals surface area contributed by atoms with Crippen LogP contribution < -0.4 is 0 Å². The maximum atomic E-state index is 8.21. The molecule has 0 saturated heterocycles. The standard InChI is InChI=1S/C9H19NO/c1-3-4-5-6-7-9(2)8-10-11/h8-9,11H,3-7H2,1-2H3/b10-8+. The van der Waals surface area contributed by atoms with Crippen LogP contribution in [0.4, 0.5) is 0 Å². The van der Waals surface area contributed by atoms with Gasteiger partial charge in [0.15, 0.2) is 0 Å². The molecule has 1 atom stereocenters. The van der Waals surface area contributed by atoms with E-state index >= 15 is 0 Å². The van der Waals surface area contributed by atoms with Gasteiger partial charge in [0.25, 0.3) is 0 Å². The molecule has 11 heavy (non-hydrogen) atoms. The summed E-state index contributed by atoms with van der Waals surface area (Å²) >= 11 is 0. The van der Waals surface area contributed by atoms with Gasteiger partial charge >= 0.3 is 0 Å². The van der Waals surface area contributed by atoms with Gasteiger partial charge in [-0.1, -0.05) is 39.5 Å². The van der Waals surface area contributed by atoms with E-state index in [9.17, 15) is 0 Å². The first-order valence-corrected chi connectivity index (χ1v) is 4.48. The van der Waals surface area contributed by atoms with Gasteiger partial charge in [0, 0.05) is 6.21 Å². The Morgan fingerprint density at radius 1 is 1.36 bits per heavy atom. The van der Waals surface area contributed by atoms with Crippen molar-refractivity contribution < 1.29 is 5.21 Å². The minimum absolute atomic E-state index is 0.428. The number of hydrogen-bond acceptors (Lipinski definition) is 2. The Bertz CT molecular complexity index is 102. The van der Waals surface area contributed by atoms with Crippen LogP contribution in [0.3, 0.4) is 0 Å². The Morgan fingerprint density at radius 3 is 2.64 bits per heavy atom. The number of rotatable bonds is 6. The van der Waals surface area contributed by atoms with E-state index in [1.807, 2.05) is 0 Å². The molecule has 0 amide bonds. The predicted molar refractivity (Wildman–Crippen MR) is 48.2 cm³/mol. The summed E-state index contributed by atoms with van der Waals surface area (Å²) in [5, 5.41) is 11.2. The summed E-state index contributed by atoms with van der Waals surface area (Å²) in [4.78, 5) is 0. The summed E-state index contributed by atoms with van der Waals surface area (Å²) in [5.74, 6) is 0.428. The minimum Gasteiger partial charge on any atom is -0.411 e. The smallest absolute Gasteiger partial charge is 0.0464 e. The fraction of sp³-hybridized carbons (Fsp3) is 0.889. The largest absolute Gasteiger partial charge is 0.411 e. The monoisotopic (exact) mass is 157 g/mol. The van der Waals surface area contributed by atoms with Crippen LogP contribution in [0.5, 0.6) is 0 Å². The average molecular weight is 157 g/mol. The molecule has 66 valence electrons. The third-order valence-electron chi connectivity index (χ3n) is 1.83. The van der Waals surface area contributed by atoms with Crippen molar-refractivity contribution in [3.63, 3.8) is 0 Å². The van der Waals surface area contributed by atoms with Crippen LogP contribution in [0.1, 0.15) is 46.0 Å². The third-order valence-corrected chi connectivity index (χ3v) is 1.83. The molecule has 0 aromatic carbocycles. The maximum Gasteiger partial charge on any atom is 0.0464 e. The fourth-order valence-electron chi connectivity index (χ4n) is 1.08. The zero-order valence-electron chi connectivity index (χ0n) is 7.58. The van der Waals surface area contributed by atoms with Crippen molar-refractivity contribution in [2.75, 3.05) is 0 Å². The lowest BCUT2D eigenvalue weighted by Crippen LogP contribution is -1.95. The van der Waals surface area contributed by atoms with Crippen LogP contribution >= 0.6 is 0 Å². The third kappa shape index (κ3) is 7.37. The first kappa shape index (κ1) is 10.5. The van der Waals surface area contributed by atoms with E-state index < -0.39 is 0 Å². The van der Waals surface area contributed by atoms with E-state index in [1.54, 1.807) is 6.21 Å². The Kier molecular flexibility index (Phi) is 7.21. The van der Waals surface area contributed by atoms with E-state index in [2.05, 4.69) is 19.0 Å². The lowest BCUT2D eigenvalue weighted by molar-refractivity contribution is 0.318. The molecule has 0 aliphatic heterocycles. The molecule has 2 heteroatoms. The van der Waals surface area contributed by atoms with Crippen molar-refractivity contribution in [2.24, 2.45) is 11.1 Å². The molecule has 0 aliphatic rings. The Hall–Kier alpha value is -0.530. The zero-order valence-corrected chi connectivity index (χ0v) is 7.58. The quantitative estimate of drug-likeness (QED) is 0.273. The van der Waals surface area contributed by atoms with Gasteiger partial charge < -0.3 is 5.21 Å². The lowest BCUT2D eigenvalue weighted by atomic mass is 10.0. The second-order valence-corrected chi connectivity index (χ2v) is 3.09. The summed E-state index contributed by atoms with van der Waals surface area (Å²) < 4.78 is 0. The van der Waals surface area contributed by atoms with Gasteiger partial charge in [-0.15, -0.1) is 5.16 Å². The summed E-state index contributed by atoms with van der Waals surface area (Å²) in [6, 6.07) is 0. The van der Waals surface area contributed by atoms with E-state index in [0.29, 0.717) is 5.92 Å². The van der Waals surface area contributed by atoms with Crippen molar-refractivity contribution in [1.29, 1.82) is 0 Å². The van der Waals surface area contributed by atoms with Gasteiger partial charge in [-0.25, -0.2) is 0 Å². The van der Waals surface area contributed by atoms with E-state index in [0.717, 1.165) is 6.42 Å². The molecular weight excluding hydrogens is 138 g/mol. The highest BCUT2D eigenvalue weighted by Crippen LogP contribution is 2.08. The van der Waals surface area contributed by atoms with Gasteiger partial charge in [-0.3, -0.25) is 0 Å².